The van der Waals surface area contributed by atoms with Gasteiger partial charge in [0.2, 0.25) is 0 Å². The van der Waals surface area contributed by atoms with Gasteiger partial charge in [-0.05, 0) is 6.08 Å². The van der Waals surface area contributed by atoms with Gasteiger partial charge in [0.25, 0.3) is 0 Å². The van der Waals surface area contributed by atoms with Crippen molar-refractivity contribution in [1.82, 2.24) is 4.90 Å². The van der Waals surface area contributed by atoms with E-state index in [9.17, 15) is 0 Å². The molecule has 2 heteroatoms. The smallest absolute Gasteiger partial charge is 0.172 e. The van der Waals surface area contributed by atoms with E-state index in [1.807, 2.05) is 0 Å². The first-order valence-electron chi connectivity index (χ1n) is 4.53. The Kier molecular flexibility index (Phi) is 1.74. The third-order valence-electron chi connectivity index (χ3n) is 3.19. The summed E-state index contributed by atoms with van der Waals surface area (Å²) in [5.74, 6) is 0. The Balaban J connectivity index is 2.05. The molecule has 3 heterocycles. The molecule has 1 radical (unpaired) electrons. The van der Waals surface area contributed by atoms with E-state index in [2.05, 4.69) is 17.6 Å². The minimum absolute atomic E-state index is 1.19. The molecule has 11 heavy (non-hydrogen) atoms. The van der Waals surface area contributed by atoms with Crippen molar-refractivity contribution in [2.75, 3.05) is 45.8 Å². The molecule has 0 unspecified atom stereocenters. The van der Waals surface area contributed by atoms with Gasteiger partial charge in [0.15, 0.2) is 19.6 Å². The van der Waals surface area contributed by atoms with E-state index in [1.165, 1.54) is 50.3 Å². The van der Waals surface area contributed by atoms with Gasteiger partial charge < -0.3 is 4.48 Å². The molecular weight excluding hydrogens is 136 g/mol. The lowest BCUT2D eigenvalue weighted by atomic mass is 10.1. The van der Waals surface area contributed by atoms with Crippen molar-refractivity contribution in [2.45, 2.75) is 0 Å². The summed E-state index contributed by atoms with van der Waals surface area (Å²) in [6, 6.07) is 0. The molecule has 61 valence electrons. The van der Waals surface area contributed by atoms with Crippen molar-refractivity contribution >= 4 is 0 Å². The Bertz CT molecular complexity index is 143. The molecule has 0 aromatic heterocycles. The molecule has 0 atom stereocenters. The van der Waals surface area contributed by atoms with Crippen molar-refractivity contribution in [1.29, 1.82) is 0 Å². The van der Waals surface area contributed by atoms with Gasteiger partial charge in [-0.25, -0.2) is 0 Å². The van der Waals surface area contributed by atoms with Crippen LogP contribution in [0.15, 0.2) is 12.7 Å². The van der Waals surface area contributed by atoms with Gasteiger partial charge in [-0.15, -0.1) is 0 Å². The second-order valence-corrected chi connectivity index (χ2v) is 3.83. The molecular formula is C9H17N2+2. The summed E-state index contributed by atoms with van der Waals surface area (Å²) in [5, 5.41) is 0. The monoisotopic (exact) mass is 153 g/mol. The molecule has 3 fully saturated rings. The molecule has 0 N–H and O–H groups in total. The maximum absolute atomic E-state index is 3.84. The van der Waals surface area contributed by atoms with Crippen LogP contribution in [0.5, 0.6) is 0 Å². The van der Waals surface area contributed by atoms with Gasteiger partial charge in [0.1, 0.15) is 19.6 Å². The van der Waals surface area contributed by atoms with E-state index < -0.39 is 0 Å². The fourth-order valence-electron chi connectivity index (χ4n) is 2.28. The Hall–Kier alpha value is -0.340. The van der Waals surface area contributed by atoms with Crippen LogP contribution in [0.2, 0.25) is 0 Å². The van der Waals surface area contributed by atoms with Crippen LogP contribution in [0.25, 0.3) is 0 Å². The van der Waals surface area contributed by atoms with Crippen molar-refractivity contribution < 1.29 is 4.48 Å². The first kappa shape index (κ1) is 7.32. The highest BCUT2D eigenvalue weighted by Gasteiger charge is 2.43. The van der Waals surface area contributed by atoms with Crippen molar-refractivity contribution in [3.8, 4) is 0 Å². The maximum atomic E-state index is 3.84. The largest absolute Gasteiger partial charge is 0.306 e. The predicted octanol–water partition coefficient (Wildman–Crippen LogP) is 0.156. The first-order valence-corrected chi connectivity index (χ1v) is 4.53. The average molecular weight is 153 g/mol. The SMILES string of the molecule is C=CC[N+]12CC[N+](CC1)CC2. The molecule has 0 aliphatic carbocycles. The van der Waals surface area contributed by atoms with Crippen LogP contribution in [0.4, 0.5) is 0 Å². The van der Waals surface area contributed by atoms with E-state index in [1.54, 1.807) is 0 Å². The van der Waals surface area contributed by atoms with Crippen molar-refractivity contribution in [2.24, 2.45) is 0 Å². The molecule has 2 bridgehead atoms. The Labute approximate surface area is 68.7 Å². The van der Waals surface area contributed by atoms with Crippen molar-refractivity contribution in [3.05, 3.63) is 12.7 Å². The zero-order valence-electron chi connectivity index (χ0n) is 7.13. The highest BCUT2D eigenvalue weighted by Crippen LogP contribution is 2.16. The number of rotatable bonds is 2. The quantitative estimate of drug-likeness (QED) is 0.303. The van der Waals surface area contributed by atoms with E-state index in [-0.39, 0.29) is 0 Å². The lowest BCUT2D eigenvalue weighted by Crippen LogP contribution is -2.69. The van der Waals surface area contributed by atoms with Crippen LogP contribution in [-0.4, -0.2) is 50.3 Å². The zero-order chi connectivity index (χ0) is 7.73. The molecule has 3 aliphatic rings. The van der Waals surface area contributed by atoms with Gasteiger partial charge in [0.05, 0.1) is 6.54 Å². The Morgan fingerprint density at radius 2 is 1.73 bits per heavy atom. The summed E-state index contributed by atoms with van der Waals surface area (Å²) >= 11 is 0. The number of piperazine rings is 3. The average Bonchev–Trinajstić information content (AvgIpc) is 2.07. The normalized spacial score (nSPS) is 42.4. The molecule has 0 aromatic rings. The third-order valence-corrected chi connectivity index (χ3v) is 3.19. The molecule has 0 spiro atoms. The van der Waals surface area contributed by atoms with E-state index in [0.29, 0.717) is 0 Å². The van der Waals surface area contributed by atoms with E-state index in [4.69, 9.17) is 0 Å². The first-order chi connectivity index (χ1) is 5.35. The Morgan fingerprint density at radius 3 is 2.18 bits per heavy atom. The topological polar surface area (TPSA) is 5.90 Å². The standard InChI is InChI=1S/C9H17N2/c1-2-6-11-7-3-10(4-8-11)5-9-11/h2H,1,3-9H2/q+2. The molecule has 3 rings (SSSR count). The summed E-state index contributed by atoms with van der Waals surface area (Å²) in [6.45, 7) is 13.0. The number of fused-ring (bicyclic) bond motifs is 3. The zero-order valence-corrected chi connectivity index (χ0v) is 7.13. The minimum Gasteiger partial charge on any atom is -0.306 e. The molecule has 0 saturated carbocycles. The number of hydrogen-bond acceptors (Lipinski definition) is 1. The van der Waals surface area contributed by atoms with E-state index in [0.717, 1.165) is 0 Å². The van der Waals surface area contributed by atoms with Crippen LogP contribution < -0.4 is 4.90 Å². The minimum atomic E-state index is 1.19. The number of hydrogen-bond donors (Lipinski definition) is 0. The molecule has 3 saturated heterocycles. The van der Waals surface area contributed by atoms with Crippen LogP contribution in [0.3, 0.4) is 0 Å². The molecule has 2 nitrogen and oxygen atoms in total. The molecule has 0 aromatic carbocycles. The fraction of sp³-hybridized carbons (Fsp3) is 0.778. The summed E-state index contributed by atoms with van der Waals surface area (Å²) < 4.78 is 1.32. The second-order valence-electron chi connectivity index (χ2n) is 3.83. The highest BCUT2D eigenvalue weighted by molar-refractivity contribution is 4.78. The van der Waals surface area contributed by atoms with Gasteiger partial charge in [0, 0.05) is 0 Å². The maximum Gasteiger partial charge on any atom is 0.172 e. The summed E-state index contributed by atoms with van der Waals surface area (Å²) in [4.78, 5) is 2.57. The highest BCUT2D eigenvalue weighted by atomic mass is 15.4. The van der Waals surface area contributed by atoms with Crippen LogP contribution >= 0.6 is 0 Å². The van der Waals surface area contributed by atoms with Crippen LogP contribution in [-0.2, 0) is 0 Å². The van der Waals surface area contributed by atoms with Gasteiger partial charge in [-0.3, -0.25) is 0 Å². The summed E-state index contributed by atoms with van der Waals surface area (Å²) in [7, 11) is 0. The number of nitrogens with zero attached hydrogens (tertiary/aromatic N) is 2. The lowest BCUT2D eigenvalue weighted by molar-refractivity contribution is -0.932. The predicted molar refractivity (Wildman–Crippen MR) is 46.7 cm³/mol. The van der Waals surface area contributed by atoms with E-state index >= 15 is 0 Å². The number of quaternary nitrogens is 1. The molecule has 3 aliphatic heterocycles. The molecule has 0 amide bonds. The fourth-order valence-corrected chi connectivity index (χ4v) is 2.28. The summed E-state index contributed by atoms with van der Waals surface area (Å²) in [6.07, 6.45) is 2.08. The van der Waals surface area contributed by atoms with Crippen LogP contribution in [0.1, 0.15) is 0 Å². The Morgan fingerprint density at radius 1 is 1.18 bits per heavy atom. The van der Waals surface area contributed by atoms with Gasteiger partial charge in [-0.2, -0.15) is 4.90 Å². The lowest BCUT2D eigenvalue weighted by Gasteiger charge is -2.44. The van der Waals surface area contributed by atoms with Gasteiger partial charge in [-0.1, -0.05) is 6.58 Å². The van der Waals surface area contributed by atoms with Gasteiger partial charge >= 0.3 is 0 Å². The van der Waals surface area contributed by atoms with Crippen LogP contribution in [0, 0.1) is 0 Å². The summed E-state index contributed by atoms with van der Waals surface area (Å²) in [5.41, 5.74) is 0. The van der Waals surface area contributed by atoms with Crippen molar-refractivity contribution in [3.63, 3.8) is 0 Å². The second kappa shape index (κ2) is 2.61. The third kappa shape index (κ3) is 1.21.